The summed E-state index contributed by atoms with van der Waals surface area (Å²) < 4.78 is 5.08. The number of methoxy groups -OCH3 is 1. The number of hydrogen-bond acceptors (Lipinski definition) is 3. The lowest BCUT2D eigenvalue weighted by molar-refractivity contribution is -0.881. The third-order valence-electron chi connectivity index (χ3n) is 3.71. The summed E-state index contributed by atoms with van der Waals surface area (Å²) in [5.41, 5.74) is 0.718. The largest absolute Gasteiger partial charge is 0.497 e. The molecule has 2 amide bonds. The normalized spacial score (nSPS) is 13.0. The molecule has 1 unspecified atom stereocenters. The molecule has 128 valence electrons. The number of likely N-dealkylation sites (N-methyl/N-ethyl adjacent to an activating group) is 1. The van der Waals surface area contributed by atoms with Gasteiger partial charge in [-0.05, 0) is 44.5 Å². The Bertz CT molecular complexity index is 502. The van der Waals surface area contributed by atoms with Crippen molar-refractivity contribution in [1.29, 1.82) is 0 Å². The van der Waals surface area contributed by atoms with Gasteiger partial charge in [0.25, 0.3) is 11.8 Å². The molecule has 0 spiro atoms. The van der Waals surface area contributed by atoms with Crippen molar-refractivity contribution in [1.82, 2.24) is 5.32 Å². The van der Waals surface area contributed by atoms with Crippen LogP contribution in [0.15, 0.2) is 24.3 Å². The lowest BCUT2D eigenvalue weighted by atomic mass is 10.2. The van der Waals surface area contributed by atoms with Gasteiger partial charge >= 0.3 is 0 Å². The van der Waals surface area contributed by atoms with Crippen molar-refractivity contribution in [2.24, 2.45) is 0 Å². The van der Waals surface area contributed by atoms with Crippen molar-refractivity contribution in [2.75, 3.05) is 32.1 Å². The maximum absolute atomic E-state index is 12.1. The van der Waals surface area contributed by atoms with Crippen LogP contribution in [-0.4, -0.2) is 44.6 Å². The van der Waals surface area contributed by atoms with Crippen LogP contribution >= 0.6 is 0 Å². The first-order valence-corrected chi connectivity index (χ1v) is 8.05. The SMILES string of the molecule is CC[C@@H](C)NC(=O)C[NH+](CC)CC(=O)Nc1ccc(OC)cc1. The zero-order valence-corrected chi connectivity index (χ0v) is 14.4. The third-order valence-corrected chi connectivity index (χ3v) is 3.71. The smallest absolute Gasteiger partial charge is 0.279 e. The van der Waals surface area contributed by atoms with Gasteiger partial charge in [0, 0.05) is 11.7 Å². The van der Waals surface area contributed by atoms with Crippen molar-refractivity contribution in [3.63, 3.8) is 0 Å². The molecule has 0 aliphatic heterocycles. The van der Waals surface area contributed by atoms with Crippen LogP contribution in [0.3, 0.4) is 0 Å². The lowest BCUT2D eigenvalue weighted by Gasteiger charge is -2.18. The molecule has 0 aromatic heterocycles. The summed E-state index contributed by atoms with van der Waals surface area (Å²) >= 11 is 0. The second-order valence-electron chi connectivity index (χ2n) is 5.61. The van der Waals surface area contributed by atoms with Gasteiger partial charge in [-0.15, -0.1) is 0 Å². The molecule has 23 heavy (non-hydrogen) atoms. The van der Waals surface area contributed by atoms with Crippen molar-refractivity contribution in [2.45, 2.75) is 33.2 Å². The van der Waals surface area contributed by atoms with E-state index < -0.39 is 0 Å². The maximum Gasteiger partial charge on any atom is 0.279 e. The highest BCUT2D eigenvalue weighted by Crippen LogP contribution is 2.14. The number of benzene rings is 1. The van der Waals surface area contributed by atoms with Gasteiger partial charge in [0.2, 0.25) is 0 Å². The number of rotatable bonds is 9. The molecule has 0 saturated heterocycles. The molecule has 0 aliphatic rings. The number of carbonyl (C=O) groups is 2. The van der Waals surface area contributed by atoms with Crippen LogP contribution in [0.1, 0.15) is 27.2 Å². The number of carbonyl (C=O) groups excluding carboxylic acids is 2. The average Bonchev–Trinajstić information content (AvgIpc) is 2.54. The van der Waals surface area contributed by atoms with Crippen molar-refractivity contribution < 1.29 is 19.2 Å². The molecule has 1 aromatic rings. The summed E-state index contributed by atoms with van der Waals surface area (Å²) in [4.78, 5) is 24.9. The van der Waals surface area contributed by atoms with Gasteiger partial charge in [-0.2, -0.15) is 0 Å². The number of quaternary nitrogens is 1. The molecular weight excluding hydrogens is 294 g/mol. The zero-order valence-electron chi connectivity index (χ0n) is 14.4. The highest BCUT2D eigenvalue weighted by molar-refractivity contribution is 5.91. The Kier molecular flexibility index (Phi) is 8.11. The van der Waals surface area contributed by atoms with Crippen molar-refractivity contribution in [3.05, 3.63) is 24.3 Å². The summed E-state index contributed by atoms with van der Waals surface area (Å²) in [6.07, 6.45) is 0.894. The van der Waals surface area contributed by atoms with E-state index in [0.717, 1.165) is 22.8 Å². The minimum absolute atomic E-state index is 0.0200. The zero-order chi connectivity index (χ0) is 17.2. The first-order valence-electron chi connectivity index (χ1n) is 8.05. The number of amides is 2. The van der Waals surface area contributed by atoms with Crippen LogP contribution in [-0.2, 0) is 9.59 Å². The molecule has 1 rings (SSSR count). The van der Waals surface area contributed by atoms with Gasteiger partial charge in [-0.1, -0.05) is 6.92 Å². The maximum atomic E-state index is 12.1. The molecule has 6 nitrogen and oxygen atoms in total. The van der Waals surface area contributed by atoms with E-state index in [9.17, 15) is 9.59 Å². The molecule has 0 radical (unpaired) electrons. The molecule has 0 heterocycles. The molecule has 0 saturated carbocycles. The Balaban J connectivity index is 2.47. The predicted molar refractivity (Wildman–Crippen MR) is 90.8 cm³/mol. The monoisotopic (exact) mass is 322 g/mol. The van der Waals surface area contributed by atoms with Crippen molar-refractivity contribution >= 4 is 17.5 Å². The molecular formula is C17H28N3O3+. The fourth-order valence-corrected chi connectivity index (χ4v) is 2.07. The quantitative estimate of drug-likeness (QED) is 0.618. The van der Waals surface area contributed by atoms with Crippen LogP contribution in [0.2, 0.25) is 0 Å². The van der Waals surface area contributed by atoms with E-state index in [1.54, 1.807) is 31.4 Å². The molecule has 0 bridgehead atoms. The summed E-state index contributed by atoms with van der Waals surface area (Å²) in [5.74, 6) is 0.613. The Morgan fingerprint density at radius 2 is 1.74 bits per heavy atom. The van der Waals surface area contributed by atoms with Gasteiger partial charge in [-0.3, -0.25) is 9.59 Å². The first kappa shape index (κ1) is 19.0. The van der Waals surface area contributed by atoms with Gasteiger partial charge in [0.1, 0.15) is 5.75 Å². The van der Waals surface area contributed by atoms with E-state index in [1.165, 1.54) is 0 Å². The third kappa shape index (κ3) is 7.15. The second-order valence-corrected chi connectivity index (χ2v) is 5.61. The highest BCUT2D eigenvalue weighted by Gasteiger charge is 2.17. The van der Waals surface area contributed by atoms with Crippen LogP contribution < -0.4 is 20.3 Å². The predicted octanol–water partition coefficient (Wildman–Crippen LogP) is 0.453. The van der Waals surface area contributed by atoms with E-state index in [2.05, 4.69) is 10.6 Å². The van der Waals surface area contributed by atoms with Gasteiger partial charge < -0.3 is 20.3 Å². The van der Waals surface area contributed by atoms with E-state index in [1.807, 2.05) is 20.8 Å². The molecule has 6 heteroatoms. The van der Waals surface area contributed by atoms with E-state index in [-0.39, 0.29) is 24.4 Å². The van der Waals surface area contributed by atoms with Crippen LogP contribution in [0.5, 0.6) is 5.75 Å². The minimum atomic E-state index is -0.108. The van der Waals surface area contributed by atoms with E-state index >= 15 is 0 Å². The molecule has 0 aliphatic carbocycles. The number of ether oxygens (including phenoxy) is 1. The average molecular weight is 322 g/mol. The Morgan fingerprint density at radius 3 is 2.26 bits per heavy atom. The first-order chi connectivity index (χ1) is 11.0. The summed E-state index contributed by atoms with van der Waals surface area (Å²) in [5, 5.41) is 5.76. The van der Waals surface area contributed by atoms with Crippen LogP contribution in [0, 0.1) is 0 Å². The second kappa shape index (κ2) is 9.84. The Hall–Kier alpha value is -2.08. The number of nitrogens with one attached hydrogen (secondary N) is 3. The molecule has 1 aromatic carbocycles. The van der Waals surface area contributed by atoms with Crippen molar-refractivity contribution in [3.8, 4) is 5.75 Å². The Labute approximate surface area is 138 Å². The lowest BCUT2D eigenvalue weighted by Crippen LogP contribution is -3.14. The summed E-state index contributed by atoms with van der Waals surface area (Å²) in [6, 6.07) is 7.32. The van der Waals surface area contributed by atoms with Gasteiger partial charge in [0.05, 0.1) is 13.7 Å². The van der Waals surface area contributed by atoms with Crippen LogP contribution in [0.4, 0.5) is 5.69 Å². The van der Waals surface area contributed by atoms with Gasteiger partial charge in [-0.25, -0.2) is 0 Å². The number of hydrogen-bond donors (Lipinski definition) is 3. The molecule has 0 fully saturated rings. The van der Waals surface area contributed by atoms with Crippen LogP contribution in [0.25, 0.3) is 0 Å². The molecule has 2 atom stereocenters. The van der Waals surface area contributed by atoms with Gasteiger partial charge in [0.15, 0.2) is 13.1 Å². The fraction of sp³-hybridized carbons (Fsp3) is 0.529. The standard InChI is InChI=1S/C17H27N3O3/c1-5-13(3)18-16(21)11-20(6-2)12-17(22)19-14-7-9-15(23-4)10-8-14/h7-10,13H,5-6,11-12H2,1-4H3,(H,18,21)(H,19,22)/p+1/t13-/m1/s1. The topological polar surface area (TPSA) is 71.9 Å². The Morgan fingerprint density at radius 1 is 1.13 bits per heavy atom. The summed E-state index contributed by atoms with van der Waals surface area (Å²) in [7, 11) is 1.60. The fourth-order valence-electron chi connectivity index (χ4n) is 2.07. The molecule has 3 N–H and O–H groups in total. The minimum Gasteiger partial charge on any atom is -0.497 e. The summed E-state index contributed by atoms with van der Waals surface area (Å²) in [6.45, 7) is 7.24. The van der Waals surface area contributed by atoms with E-state index in [4.69, 9.17) is 4.74 Å². The highest BCUT2D eigenvalue weighted by atomic mass is 16.5. The number of anilines is 1. The van der Waals surface area contributed by atoms with E-state index in [0.29, 0.717) is 13.1 Å².